The third-order valence-electron chi connectivity index (χ3n) is 3.53. The first kappa shape index (κ1) is 14.7. The molecule has 0 aromatic heterocycles. The van der Waals surface area contributed by atoms with Gasteiger partial charge in [0.2, 0.25) is 0 Å². The molecule has 19 heavy (non-hydrogen) atoms. The largest absolute Gasteiger partial charge is 0.313 e. The average molecular weight is 374 g/mol. The number of hydrogen-bond acceptors (Lipinski definition) is 3. The van der Waals surface area contributed by atoms with Gasteiger partial charge in [0.05, 0.1) is 4.92 Å². The summed E-state index contributed by atoms with van der Waals surface area (Å²) < 4.78 is 0.914. The maximum atomic E-state index is 11.1. The molecule has 1 aromatic rings. The number of hydrogen-bond donors (Lipinski definition) is 1. The van der Waals surface area contributed by atoms with Gasteiger partial charge >= 0.3 is 0 Å². The molecule has 4 nitrogen and oxygen atoms in total. The predicted molar refractivity (Wildman–Crippen MR) is 84.3 cm³/mol. The Morgan fingerprint density at radius 2 is 2.26 bits per heavy atom. The van der Waals surface area contributed by atoms with E-state index in [0.29, 0.717) is 12.0 Å². The summed E-state index contributed by atoms with van der Waals surface area (Å²) in [5.74, 6) is 0.699. The quantitative estimate of drug-likeness (QED) is 0.451. The molecule has 0 spiro atoms. The first-order valence-electron chi connectivity index (χ1n) is 6.78. The zero-order valence-corrected chi connectivity index (χ0v) is 13.2. The Morgan fingerprint density at radius 3 is 2.84 bits per heavy atom. The van der Waals surface area contributed by atoms with Gasteiger partial charge in [-0.2, -0.15) is 0 Å². The van der Waals surface area contributed by atoms with Gasteiger partial charge in [0.1, 0.15) is 0 Å². The lowest BCUT2D eigenvalue weighted by Crippen LogP contribution is -2.33. The van der Waals surface area contributed by atoms with E-state index in [2.05, 4.69) is 34.8 Å². The van der Waals surface area contributed by atoms with E-state index in [1.807, 2.05) is 12.1 Å². The first-order valence-corrected chi connectivity index (χ1v) is 7.86. The van der Waals surface area contributed by atoms with Gasteiger partial charge in [-0.25, -0.2) is 0 Å². The molecule has 1 aliphatic carbocycles. The lowest BCUT2D eigenvalue weighted by atomic mass is 10.0. The van der Waals surface area contributed by atoms with Gasteiger partial charge in [-0.1, -0.05) is 13.0 Å². The minimum absolute atomic E-state index is 0.260. The van der Waals surface area contributed by atoms with E-state index < -0.39 is 0 Å². The van der Waals surface area contributed by atoms with Gasteiger partial charge in [-0.3, -0.25) is 10.1 Å². The molecule has 5 heteroatoms. The Balaban J connectivity index is 2.13. The summed E-state index contributed by atoms with van der Waals surface area (Å²) in [5.41, 5.74) is 1.11. The highest BCUT2D eigenvalue weighted by atomic mass is 127. The zero-order valence-electron chi connectivity index (χ0n) is 11.1. The molecular weight excluding hydrogens is 355 g/mol. The van der Waals surface area contributed by atoms with Crippen molar-refractivity contribution in [2.45, 2.75) is 38.6 Å². The number of benzene rings is 1. The molecule has 1 fully saturated rings. The molecule has 1 atom stereocenters. The molecule has 0 saturated heterocycles. The van der Waals surface area contributed by atoms with Crippen LogP contribution in [0, 0.1) is 19.6 Å². The molecule has 104 valence electrons. The molecule has 0 bridgehead atoms. The molecule has 2 rings (SSSR count). The van der Waals surface area contributed by atoms with Crippen molar-refractivity contribution in [3.8, 4) is 0 Å². The molecule has 1 aromatic carbocycles. The SMILES string of the molecule is CCCNC(Cc1ccc(I)cc1[N+](=O)[O-])C1CC1. The second-order valence-corrected chi connectivity index (χ2v) is 6.38. The topological polar surface area (TPSA) is 55.2 Å². The van der Waals surface area contributed by atoms with Crippen LogP contribution in [-0.4, -0.2) is 17.5 Å². The summed E-state index contributed by atoms with van der Waals surface area (Å²) in [6.07, 6.45) is 4.36. The van der Waals surface area contributed by atoms with Gasteiger partial charge in [0.15, 0.2) is 0 Å². The van der Waals surface area contributed by atoms with Crippen molar-refractivity contribution in [1.29, 1.82) is 0 Å². The van der Waals surface area contributed by atoms with Crippen molar-refractivity contribution in [2.75, 3.05) is 6.54 Å². The fourth-order valence-electron chi connectivity index (χ4n) is 2.35. The van der Waals surface area contributed by atoms with E-state index in [9.17, 15) is 10.1 Å². The summed E-state index contributed by atoms with van der Waals surface area (Å²) in [6, 6.07) is 5.91. The van der Waals surface area contributed by atoms with Crippen LogP contribution in [0.3, 0.4) is 0 Å². The number of nitro groups is 1. The molecule has 1 aliphatic rings. The fourth-order valence-corrected chi connectivity index (χ4v) is 2.83. The van der Waals surface area contributed by atoms with Crippen LogP contribution >= 0.6 is 22.6 Å². The minimum Gasteiger partial charge on any atom is -0.313 e. The van der Waals surface area contributed by atoms with Gasteiger partial charge in [-0.05, 0) is 66.8 Å². The third-order valence-corrected chi connectivity index (χ3v) is 4.20. The number of halogens is 1. The molecular formula is C14H19IN2O2. The van der Waals surface area contributed by atoms with Gasteiger partial charge in [0, 0.05) is 21.2 Å². The summed E-state index contributed by atoms with van der Waals surface area (Å²) in [7, 11) is 0. The van der Waals surface area contributed by atoms with Crippen LogP contribution in [0.1, 0.15) is 31.7 Å². The summed E-state index contributed by atoms with van der Waals surface area (Å²) >= 11 is 2.12. The van der Waals surface area contributed by atoms with Crippen molar-refractivity contribution >= 4 is 28.3 Å². The Bertz CT molecular complexity index is 461. The van der Waals surface area contributed by atoms with Crippen molar-refractivity contribution in [3.63, 3.8) is 0 Å². The Hall–Kier alpha value is -0.690. The molecule has 0 heterocycles. The second-order valence-electron chi connectivity index (χ2n) is 5.13. The normalized spacial score (nSPS) is 16.3. The fraction of sp³-hybridized carbons (Fsp3) is 0.571. The molecule has 0 radical (unpaired) electrons. The zero-order chi connectivity index (χ0) is 13.8. The van der Waals surface area contributed by atoms with Gasteiger partial charge < -0.3 is 5.32 Å². The van der Waals surface area contributed by atoms with Crippen LogP contribution in [-0.2, 0) is 6.42 Å². The molecule has 1 N–H and O–H groups in total. The summed E-state index contributed by atoms with van der Waals surface area (Å²) in [5, 5.41) is 14.7. The highest BCUT2D eigenvalue weighted by molar-refractivity contribution is 14.1. The Kier molecular flexibility index (Phi) is 5.15. The van der Waals surface area contributed by atoms with Crippen molar-refractivity contribution in [3.05, 3.63) is 37.4 Å². The van der Waals surface area contributed by atoms with Gasteiger partial charge in [-0.15, -0.1) is 0 Å². The van der Waals surface area contributed by atoms with E-state index in [1.165, 1.54) is 12.8 Å². The average Bonchev–Trinajstić information content (AvgIpc) is 3.20. The van der Waals surface area contributed by atoms with E-state index >= 15 is 0 Å². The van der Waals surface area contributed by atoms with Gasteiger partial charge in [0.25, 0.3) is 5.69 Å². The smallest absolute Gasteiger partial charge is 0.273 e. The summed E-state index contributed by atoms with van der Waals surface area (Å²) in [6.45, 7) is 3.13. The highest BCUT2D eigenvalue weighted by Crippen LogP contribution is 2.35. The molecule has 1 saturated carbocycles. The predicted octanol–water partition coefficient (Wildman–Crippen LogP) is 3.52. The van der Waals surface area contributed by atoms with Crippen LogP contribution in [0.25, 0.3) is 0 Å². The highest BCUT2D eigenvalue weighted by Gasteiger charge is 2.32. The second kappa shape index (κ2) is 6.65. The number of rotatable bonds is 7. The van der Waals surface area contributed by atoms with E-state index in [0.717, 1.165) is 28.5 Å². The minimum atomic E-state index is -0.263. The number of nitrogens with one attached hydrogen (secondary N) is 1. The monoisotopic (exact) mass is 374 g/mol. The standard InChI is InChI=1S/C14H19IN2O2/c1-2-7-16-13(10-3-4-10)8-11-5-6-12(15)9-14(11)17(18)19/h5-6,9-10,13,16H,2-4,7-8H2,1H3. The maximum Gasteiger partial charge on any atom is 0.273 e. The number of nitro benzene ring substituents is 1. The Labute approximate surface area is 127 Å². The molecule has 1 unspecified atom stereocenters. The van der Waals surface area contributed by atoms with Crippen molar-refractivity contribution in [2.24, 2.45) is 5.92 Å². The van der Waals surface area contributed by atoms with Crippen LogP contribution in [0.15, 0.2) is 18.2 Å². The lowest BCUT2D eigenvalue weighted by molar-refractivity contribution is -0.385. The van der Waals surface area contributed by atoms with Crippen molar-refractivity contribution < 1.29 is 4.92 Å². The summed E-state index contributed by atoms with van der Waals surface area (Å²) in [4.78, 5) is 10.9. The van der Waals surface area contributed by atoms with Crippen LogP contribution < -0.4 is 5.32 Å². The number of nitrogens with zero attached hydrogens (tertiary/aromatic N) is 1. The molecule has 0 amide bonds. The van der Waals surface area contributed by atoms with Crippen LogP contribution in [0.5, 0.6) is 0 Å². The first-order chi connectivity index (χ1) is 9.11. The van der Waals surface area contributed by atoms with Crippen LogP contribution in [0.2, 0.25) is 0 Å². The Morgan fingerprint density at radius 1 is 1.53 bits per heavy atom. The maximum absolute atomic E-state index is 11.1. The van der Waals surface area contributed by atoms with Crippen molar-refractivity contribution in [1.82, 2.24) is 5.32 Å². The molecule has 0 aliphatic heterocycles. The van der Waals surface area contributed by atoms with E-state index in [4.69, 9.17) is 0 Å². The third kappa shape index (κ3) is 4.14. The lowest BCUT2D eigenvalue weighted by Gasteiger charge is -2.18. The van der Waals surface area contributed by atoms with E-state index in [-0.39, 0.29) is 10.6 Å². The van der Waals surface area contributed by atoms with E-state index in [1.54, 1.807) is 6.07 Å². The van der Waals surface area contributed by atoms with Crippen LogP contribution in [0.4, 0.5) is 5.69 Å².